The molecule has 2 fully saturated rings. The van der Waals surface area contributed by atoms with Crippen LogP contribution in [0.25, 0.3) is 0 Å². The van der Waals surface area contributed by atoms with Crippen LogP contribution in [0.3, 0.4) is 0 Å². The van der Waals surface area contributed by atoms with Crippen molar-refractivity contribution in [2.24, 2.45) is 5.92 Å². The Morgan fingerprint density at radius 1 is 1.00 bits per heavy atom. The lowest BCUT2D eigenvalue weighted by Gasteiger charge is -2.36. The SMILES string of the molecule is CC(C)c1ccccc1NC(=O)C(C)N1CCC(C(=O)N2CCCC2)CC1. The molecule has 2 aliphatic heterocycles. The molecule has 0 aromatic heterocycles. The first-order chi connectivity index (χ1) is 13.0. The molecule has 1 aromatic rings. The molecule has 2 saturated heterocycles. The Hall–Kier alpha value is -1.88. The van der Waals surface area contributed by atoms with Gasteiger partial charge in [-0.3, -0.25) is 14.5 Å². The lowest BCUT2D eigenvalue weighted by atomic mass is 9.94. The van der Waals surface area contributed by atoms with Crippen LogP contribution in [0.5, 0.6) is 0 Å². The van der Waals surface area contributed by atoms with Crippen molar-refractivity contribution in [2.45, 2.75) is 58.4 Å². The number of carbonyl (C=O) groups excluding carboxylic acids is 2. The van der Waals surface area contributed by atoms with Crippen LogP contribution in [0.15, 0.2) is 24.3 Å². The van der Waals surface area contributed by atoms with Crippen molar-refractivity contribution >= 4 is 17.5 Å². The Labute approximate surface area is 163 Å². The van der Waals surface area contributed by atoms with Gasteiger partial charge in [0.15, 0.2) is 0 Å². The van der Waals surface area contributed by atoms with E-state index < -0.39 is 0 Å². The highest BCUT2D eigenvalue weighted by Crippen LogP contribution is 2.26. The number of amides is 2. The van der Waals surface area contributed by atoms with Gasteiger partial charge >= 0.3 is 0 Å². The van der Waals surface area contributed by atoms with Gasteiger partial charge < -0.3 is 10.2 Å². The number of carbonyl (C=O) groups is 2. The summed E-state index contributed by atoms with van der Waals surface area (Å²) in [5, 5.41) is 3.11. The summed E-state index contributed by atoms with van der Waals surface area (Å²) in [5.74, 6) is 0.864. The number of nitrogens with zero attached hydrogens (tertiary/aromatic N) is 2. The van der Waals surface area contributed by atoms with E-state index in [1.165, 1.54) is 0 Å². The first-order valence-corrected chi connectivity index (χ1v) is 10.4. The van der Waals surface area contributed by atoms with Crippen LogP contribution in [0.4, 0.5) is 5.69 Å². The van der Waals surface area contributed by atoms with Crippen LogP contribution < -0.4 is 5.32 Å². The number of benzene rings is 1. The maximum absolute atomic E-state index is 12.8. The lowest BCUT2D eigenvalue weighted by Crippen LogP contribution is -2.48. The Balaban J connectivity index is 1.53. The minimum absolute atomic E-state index is 0.0346. The molecule has 27 heavy (non-hydrogen) atoms. The van der Waals surface area contributed by atoms with E-state index in [9.17, 15) is 9.59 Å². The van der Waals surface area contributed by atoms with Gasteiger partial charge in [-0.2, -0.15) is 0 Å². The van der Waals surface area contributed by atoms with Gasteiger partial charge in [0, 0.05) is 24.7 Å². The van der Waals surface area contributed by atoms with Gasteiger partial charge in [0.05, 0.1) is 6.04 Å². The molecular weight excluding hydrogens is 338 g/mol. The second-order valence-electron chi connectivity index (χ2n) is 8.25. The average Bonchev–Trinajstić information content (AvgIpc) is 3.22. The monoisotopic (exact) mass is 371 g/mol. The van der Waals surface area contributed by atoms with Gasteiger partial charge in [0.1, 0.15) is 0 Å². The van der Waals surface area contributed by atoms with Crippen molar-refractivity contribution < 1.29 is 9.59 Å². The molecule has 0 aliphatic carbocycles. The molecule has 2 amide bonds. The fraction of sp³-hybridized carbons (Fsp3) is 0.636. The quantitative estimate of drug-likeness (QED) is 0.862. The second-order valence-corrected chi connectivity index (χ2v) is 8.25. The molecule has 1 aromatic carbocycles. The fourth-order valence-electron chi connectivity index (χ4n) is 4.25. The number of para-hydroxylation sites is 1. The van der Waals surface area contributed by atoms with E-state index in [2.05, 4.69) is 30.1 Å². The molecule has 148 valence electrons. The zero-order valence-electron chi connectivity index (χ0n) is 16.9. The zero-order chi connectivity index (χ0) is 19.4. The highest BCUT2D eigenvalue weighted by atomic mass is 16.2. The van der Waals surface area contributed by atoms with Crippen molar-refractivity contribution in [3.05, 3.63) is 29.8 Å². The van der Waals surface area contributed by atoms with Crippen molar-refractivity contribution in [3.8, 4) is 0 Å². The Morgan fingerprint density at radius 2 is 1.63 bits per heavy atom. The summed E-state index contributed by atoms with van der Waals surface area (Å²) in [6.45, 7) is 9.71. The molecule has 1 atom stereocenters. The Morgan fingerprint density at radius 3 is 2.26 bits per heavy atom. The highest BCUT2D eigenvalue weighted by molar-refractivity contribution is 5.95. The summed E-state index contributed by atoms with van der Waals surface area (Å²) in [6.07, 6.45) is 3.99. The van der Waals surface area contributed by atoms with E-state index in [4.69, 9.17) is 0 Å². The predicted octanol–water partition coefficient (Wildman–Crippen LogP) is 3.47. The third-order valence-corrected chi connectivity index (χ3v) is 6.06. The fourth-order valence-corrected chi connectivity index (χ4v) is 4.25. The first-order valence-electron chi connectivity index (χ1n) is 10.4. The van der Waals surface area contributed by atoms with Gasteiger partial charge in [-0.25, -0.2) is 0 Å². The van der Waals surface area contributed by atoms with Crippen molar-refractivity contribution in [1.29, 1.82) is 0 Å². The average molecular weight is 372 g/mol. The van der Waals surface area contributed by atoms with Crippen LogP contribution in [-0.2, 0) is 9.59 Å². The molecule has 1 unspecified atom stereocenters. The van der Waals surface area contributed by atoms with Gasteiger partial charge in [0.2, 0.25) is 11.8 Å². The summed E-state index contributed by atoms with van der Waals surface area (Å²) < 4.78 is 0. The minimum Gasteiger partial charge on any atom is -0.342 e. The number of anilines is 1. The molecule has 2 heterocycles. The standard InChI is InChI=1S/C22H33N3O2/c1-16(2)19-8-4-5-9-20(19)23-21(26)17(3)24-14-10-18(11-15-24)22(27)25-12-6-7-13-25/h4-5,8-9,16-18H,6-7,10-15H2,1-3H3,(H,23,26). The van der Waals surface area contributed by atoms with Gasteiger partial charge in [-0.15, -0.1) is 0 Å². The van der Waals surface area contributed by atoms with E-state index in [0.717, 1.165) is 63.1 Å². The Kier molecular flexibility index (Phi) is 6.53. The second kappa shape index (κ2) is 8.87. The normalized spacial score (nSPS) is 20.1. The molecule has 0 spiro atoms. The zero-order valence-corrected chi connectivity index (χ0v) is 16.9. The van der Waals surface area contributed by atoms with Crippen LogP contribution in [0.2, 0.25) is 0 Å². The molecule has 5 nitrogen and oxygen atoms in total. The predicted molar refractivity (Wildman–Crippen MR) is 109 cm³/mol. The van der Waals surface area contributed by atoms with Crippen LogP contribution >= 0.6 is 0 Å². The number of nitrogens with one attached hydrogen (secondary N) is 1. The number of hydrogen-bond acceptors (Lipinski definition) is 3. The molecule has 5 heteroatoms. The number of piperidine rings is 1. The van der Waals surface area contributed by atoms with Gasteiger partial charge in [0.25, 0.3) is 0 Å². The maximum Gasteiger partial charge on any atom is 0.241 e. The highest BCUT2D eigenvalue weighted by Gasteiger charge is 2.32. The number of hydrogen-bond donors (Lipinski definition) is 1. The minimum atomic E-state index is -0.187. The smallest absolute Gasteiger partial charge is 0.241 e. The van der Waals surface area contributed by atoms with Crippen LogP contribution in [-0.4, -0.2) is 53.8 Å². The first kappa shape index (κ1) is 19.9. The van der Waals surface area contributed by atoms with Crippen molar-refractivity contribution in [3.63, 3.8) is 0 Å². The maximum atomic E-state index is 12.8. The Bertz CT molecular complexity index is 659. The van der Waals surface area contributed by atoms with E-state index in [1.54, 1.807) is 0 Å². The molecule has 3 rings (SSSR count). The summed E-state index contributed by atoms with van der Waals surface area (Å²) in [7, 11) is 0. The molecule has 1 N–H and O–H groups in total. The summed E-state index contributed by atoms with van der Waals surface area (Å²) in [6, 6.07) is 7.83. The molecular formula is C22H33N3O2. The van der Waals surface area contributed by atoms with Crippen LogP contribution in [0, 0.1) is 5.92 Å². The molecule has 0 bridgehead atoms. The lowest BCUT2D eigenvalue weighted by molar-refractivity contribution is -0.136. The van der Waals surface area contributed by atoms with E-state index in [0.29, 0.717) is 11.8 Å². The van der Waals surface area contributed by atoms with E-state index >= 15 is 0 Å². The van der Waals surface area contributed by atoms with Crippen molar-refractivity contribution in [1.82, 2.24) is 9.80 Å². The van der Waals surface area contributed by atoms with E-state index in [1.807, 2.05) is 30.0 Å². The largest absolute Gasteiger partial charge is 0.342 e. The number of likely N-dealkylation sites (tertiary alicyclic amines) is 2. The molecule has 0 saturated carbocycles. The van der Waals surface area contributed by atoms with Crippen molar-refractivity contribution in [2.75, 3.05) is 31.5 Å². The van der Waals surface area contributed by atoms with E-state index in [-0.39, 0.29) is 17.9 Å². The molecule has 0 radical (unpaired) electrons. The topological polar surface area (TPSA) is 52.7 Å². The summed E-state index contributed by atoms with van der Waals surface area (Å²) in [4.78, 5) is 29.6. The van der Waals surface area contributed by atoms with Crippen LogP contribution in [0.1, 0.15) is 57.9 Å². The third-order valence-electron chi connectivity index (χ3n) is 6.06. The van der Waals surface area contributed by atoms with Gasteiger partial charge in [-0.05, 0) is 63.2 Å². The summed E-state index contributed by atoms with van der Waals surface area (Å²) >= 11 is 0. The summed E-state index contributed by atoms with van der Waals surface area (Å²) in [5.41, 5.74) is 2.07. The third kappa shape index (κ3) is 4.70. The molecule has 2 aliphatic rings. The van der Waals surface area contributed by atoms with Gasteiger partial charge in [-0.1, -0.05) is 32.0 Å². The number of rotatable bonds is 5.